The van der Waals surface area contributed by atoms with E-state index in [4.69, 9.17) is 17.3 Å². The molecule has 1 aromatic carbocycles. The van der Waals surface area contributed by atoms with Crippen molar-refractivity contribution >= 4 is 17.5 Å². The van der Waals surface area contributed by atoms with Crippen molar-refractivity contribution in [2.24, 2.45) is 5.73 Å². The van der Waals surface area contributed by atoms with Crippen LogP contribution >= 0.6 is 11.6 Å². The molecule has 5 heteroatoms. The molecule has 1 amide bonds. The second-order valence-electron chi connectivity index (χ2n) is 6.10. The number of halogens is 1. The third-order valence-electron chi connectivity index (χ3n) is 4.15. The topological polar surface area (TPSA) is 51.3 Å². The van der Waals surface area contributed by atoms with Gasteiger partial charge in [-0.05, 0) is 58.6 Å². The minimum absolute atomic E-state index is 0.387. The van der Waals surface area contributed by atoms with E-state index in [1.54, 1.807) is 0 Å². The molecule has 2 N–H and O–H groups in total. The van der Waals surface area contributed by atoms with Gasteiger partial charge in [-0.1, -0.05) is 23.7 Å². The normalized spacial score (nSPS) is 11.2. The third kappa shape index (κ3) is 3.77. The molecular formula is C18H24ClN3O. The maximum absolute atomic E-state index is 12.0. The first-order chi connectivity index (χ1) is 10.8. The quantitative estimate of drug-likeness (QED) is 0.880. The van der Waals surface area contributed by atoms with E-state index in [1.807, 2.05) is 38.1 Å². The summed E-state index contributed by atoms with van der Waals surface area (Å²) in [5.41, 5.74) is 10.1. The molecule has 0 aliphatic heterocycles. The van der Waals surface area contributed by atoms with Gasteiger partial charge in [-0.3, -0.25) is 4.79 Å². The van der Waals surface area contributed by atoms with Gasteiger partial charge in [-0.2, -0.15) is 0 Å². The lowest BCUT2D eigenvalue weighted by atomic mass is 10.0. The van der Waals surface area contributed by atoms with Gasteiger partial charge in [0, 0.05) is 28.5 Å². The van der Waals surface area contributed by atoms with Crippen LogP contribution in [0.3, 0.4) is 0 Å². The SMILES string of the molecule is Cc1c(C(N)=O)c(-c2ccc(Cl)cc2)c(C)n1CCCN(C)C. The lowest BCUT2D eigenvalue weighted by Crippen LogP contribution is -2.16. The van der Waals surface area contributed by atoms with Crippen molar-refractivity contribution in [2.75, 3.05) is 20.6 Å². The summed E-state index contributed by atoms with van der Waals surface area (Å²) >= 11 is 5.97. The molecule has 0 bridgehead atoms. The highest BCUT2D eigenvalue weighted by Crippen LogP contribution is 2.33. The second-order valence-corrected chi connectivity index (χ2v) is 6.54. The summed E-state index contributed by atoms with van der Waals surface area (Å²) in [6, 6.07) is 7.53. The Morgan fingerprint density at radius 1 is 1.17 bits per heavy atom. The predicted molar refractivity (Wildman–Crippen MR) is 96.0 cm³/mol. The Morgan fingerprint density at radius 2 is 1.78 bits per heavy atom. The van der Waals surface area contributed by atoms with Gasteiger partial charge in [0.05, 0.1) is 5.56 Å². The number of carbonyl (C=O) groups excluding carboxylic acids is 1. The number of benzene rings is 1. The number of nitrogens with zero attached hydrogens (tertiary/aromatic N) is 2. The summed E-state index contributed by atoms with van der Waals surface area (Å²) in [6.45, 7) is 5.87. The molecule has 0 saturated carbocycles. The first kappa shape index (κ1) is 17.6. The molecule has 0 spiro atoms. The molecule has 0 atom stereocenters. The smallest absolute Gasteiger partial charge is 0.251 e. The number of primary amides is 1. The lowest BCUT2D eigenvalue weighted by molar-refractivity contribution is 0.1000. The Hall–Kier alpha value is -1.78. The second kappa shape index (κ2) is 7.20. The Kier molecular flexibility index (Phi) is 5.50. The molecule has 0 unspecified atom stereocenters. The number of amides is 1. The summed E-state index contributed by atoms with van der Waals surface area (Å²) in [6.07, 6.45) is 1.02. The molecule has 4 nitrogen and oxygen atoms in total. The van der Waals surface area contributed by atoms with Crippen LogP contribution in [-0.4, -0.2) is 36.0 Å². The van der Waals surface area contributed by atoms with Crippen molar-refractivity contribution in [1.82, 2.24) is 9.47 Å². The van der Waals surface area contributed by atoms with Crippen molar-refractivity contribution in [3.8, 4) is 11.1 Å². The summed E-state index contributed by atoms with van der Waals surface area (Å²) in [7, 11) is 4.12. The predicted octanol–water partition coefficient (Wildman–Crippen LogP) is 3.48. The molecule has 2 rings (SSSR count). The maximum atomic E-state index is 12.0. The average molecular weight is 334 g/mol. The molecular weight excluding hydrogens is 310 g/mol. The highest BCUT2D eigenvalue weighted by atomic mass is 35.5. The van der Waals surface area contributed by atoms with Gasteiger partial charge in [-0.25, -0.2) is 0 Å². The van der Waals surface area contributed by atoms with E-state index < -0.39 is 0 Å². The van der Waals surface area contributed by atoms with Crippen LogP contribution in [0.5, 0.6) is 0 Å². The van der Waals surface area contributed by atoms with Gasteiger partial charge >= 0.3 is 0 Å². The van der Waals surface area contributed by atoms with Crippen LogP contribution in [0.1, 0.15) is 28.2 Å². The van der Waals surface area contributed by atoms with Crippen LogP contribution in [-0.2, 0) is 6.54 Å². The Bertz CT molecular complexity index is 702. The highest BCUT2D eigenvalue weighted by Gasteiger charge is 2.22. The van der Waals surface area contributed by atoms with Crippen molar-refractivity contribution < 1.29 is 4.79 Å². The van der Waals surface area contributed by atoms with Crippen LogP contribution in [0.15, 0.2) is 24.3 Å². The van der Waals surface area contributed by atoms with Crippen molar-refractivity contribution in [3.63, 3.8) is 0 Å². The number of nitrogens with two attached hydrogens (primary N) is 1. The van der Waals surface area contributed by atoms with E-state index in [-0.39, 0.29) is 5.91 Å². The molecule has 0 aliphatic rings. The van der Waals surface area contributed by atoms with E-state index in [1.165, 1.54) is 0 Å². The molecule has 1 aromatic heterocycles. The molecule has 2 aromatic rings. The van der Waals surface area contributed by atoms with Gasteiger partial charge in [0.25, 0.3) is 5.91 Å². The van der Waals surface area contributed by atoms with Crippen LogP contribution < -0.4 is 5.73 Å². The Balaban J connectivity index is 2.48. The fourth-order valence-electron chi connectivity index (χ4n) is 3.04. The molecule has 0 radical (unpaired) electrons. The van der Waals surface area contributed by atoms with E-state index >= 15 is 0 Å². The maximum Gasteiger partial charge on any atom is 0.251 e. The van der Waals surface area contributed by atoms with E-state index in [9.17, 15) is 4.79 Å². The third-order valence-corrected chi connectivity index (χ3v) is 4.40. The minimum Gasteiger partial charge on any atom is -0.366 e. The summed E-state index contributed by atoms with van der Waals surface area (Å²) in [5, 5.41) is 0.675. The number of hydrogen-bond donors (Lipinski definition) is 1. The monoisotopic (exact) mass is 333 g/mol. The van der Waals surface area contributed by atoms with Crippen LogP contribution in [0, 0.1) is 13.8 Å². The Morgan fingerprint density at radius 3 is 2.30 bits per heavy atom. The zero-order chi connectivity index (χ0) is 17.1. The van der Waals surface area contributed by atoms with E-state index in [2.05, 4.69) is 23.6 Å². The van der Waals surface area contributed by atoms with Gasteiger partial charge in [0.2, 0.25) is 0 Å². The molecule has 0 saturated heterocycles. The molecule has 1 heterocycles. The molecule has 23 heavy (non-hydrogen) atoms. The fraction of sp³-hybridized carbons (Fsp3) is 0.389. The van der Waals surface area contributed by atoms with Crippen LogP contribution in [0.2, 0.25) is 5.02 Å². The summed E-state index contributed by atoms with van der Waals surface area (Å²) in [5.74, 6) is -0.387. The van der Waals surface area contributed by atoms with Crippen molar-refractivity contribution in [2.45, 2.75) is 26.8 Å². The van der Waals surface area contributed by atoms with Crippen LogP contribution in [0.4, 0.5) is 0 Å². The van der Waals surface area contributed by atoms with Crippen LogP contribution in [0.25, 0.3) is 11.1 Å². The standard InChI is InChI=1S/C18H24ClN3O/c1-12-16(14-6-8-15(19)9-7-14)17(18(20)23)13(2)22(12)11-5-10-21(3)4/h6-9H,5,10-11H2,1-4H3,(H2,20,23). The summed E-state index contributed by atoms with van der Waals surface area (Å²) in [4.78, 5) is 14.2. The first-order valence-electron chi connectivity index (χ1n) is 7.73. The van der Waals surface area contributed by atoms with Crippen molar-refractivity contribution in [3.05, 3.63) is 46.2 Å². The number of aromatic nitrogens is 1. The van der Waals surface area contributed by atoms with E-state index in [0.717, 1.165) is 42.0 Å². The Labute approximate surface area is 142 Å². The number of rotatable bonds is 6. The largest absolute Gasteiger partial charge is 0.366 e. The summed E-state index contributed by atoms with van der Waals surface area (Å²) < 4.78 is 2.19. The number of carbonyl (C=O) groups is 1. The number of hydrogen-bond acceptors (Lipinski definition) is 2. The van der Waals surface area contributed by atoms with Gasteiger partial charge in [0.15, 0.2) is 0 Å². The van der Waals surface area contributed by atoms with Gasteiger partial charge in [0.1, 0.15) is 0 Å². The lowest BCUT2D eigenvalue weighted by Gasteiger charge is -2.13. The zero-order valence-corrected chi connectivity index (χ0v) is 14.9. The first-order valence-corrected chi connectivity index (χ1v) is 8.11. The molecule has 0 fully saturated rings. The zero-order valence-electron chi connectivity index (χ0n) is 14.2. The minimum atomic E-state index is -0.387. The van der Waals surface area contributed by atoms with E-state index in [0.29, 0.717) is 10.6 Å². The highest BCUT2D eigenvalue weighted by molar-refractivity contribution is 6.30. The molecule has 124 valence electrons. The van der Waals surface area contributed by atoms with Gasteiger partial charge < -0.3 is 15.2 Å². The average Bonchev–Trinajstić information content (AvgIpc) is 2.72. The van der Waals surface area contributed by atoms with Gasteiger partial charge in [-0.15, -0.1) is 0 Å². The fourth-order valence-corrected chi connectivity index (χ4v) is 3.16. The molecule has 0 aliphatic carbocycles. The van der Waals surface area contributed by atoms with Crippen molar-refractivity contribution in [1.29, 1.82) is 0 Å².